The molecule has 1 aliphatic rings. The number of aromatic nitrogens is 1. The van der Waals surface area contributed by atoms with E-state index >= 15 is 0 Å². The van der Waals surface area contributed by atoms with Gasteiger partial charge in [0.15, 0.2) is 6.10 Å². The van der Waals surface area contributed by atoms with E-state index in [4.69, 9.17) is 4.74 Å². The maximum Gasteiger partial charge on any atom is 0.331 e. The van der Waals surface area contributed by atoms with E-state index in [0.717, 1.165) is 23.2 Å². The van der Waals surface area contributed by atoms with Crippen LogP contribution in [-0.2, 0) is 20.7 Å². The molecule has 0 spiro atoms. The second-order valence-electron chi connectivity index (χ2n) is 7.37. The van der Waals surface area contributed by atoms with Crippen molar-refractivity contribution < 1.29 is 14.3 Å². The number of esters is 1. The standard InChI is InChI=1S/C23H28N2O3/c1-16-15-20(17(2)25(16)21-10-11-21)9-12-22(26)28-18(3)23(27)24-14-13-19-7-5-4-6-8-19/h4-9,12,15,18,21H,10-11,13-14H2,1-3H3,(H,24,27)/b12-9+/t18-/m0/s1. The maximum absolute atomic E-state index is 12.1. The summed E-state index contributed by atoms with van der Waals surface area (Å²) in [5.41, 5.74) is 4.54. The number of amides is 1. The number of carbonyl (C=O) groups is 2. The number of ether oxygens (including phenoxy) is 1. The lowest BCUT2D eigenvalue weighted by Crippen LogP contribution is -2.36. The van der Waals surface area contributed by atoms with Gasteiger partial charge in [0.25, 0.3) is 5.91 Å². The minimum atomic E-state index is -0.827. The lowest BCUT2D eigenvalue weighted by molar-refractivity contribution is -0.150. The molecule has 5 heteroatoms. The fourth-order valence-electron chi connectivity index (χ4n) is 3.41. The number of benzene rings is 1. The third kappa shape index (κ3) is 5.12. The SMILES string of the molecule is Cc1cc(/C=C/C(=O)O[C@@H](C)C(=O)NCCc2ccccc2)c(C)n1C1CC1. The fraction of sp³-hybridized carbons (Fsp3) is 0.391. The van der Waals surface area contributed by atoms with Crippen molar-refractivity contribution in [3.05, 3.63) is 65.0 Å². The average Bonchev–Trinajstić information content (AvgIpc) is 3.46. The van der Waals surface area contributed by atoms with E-state index < -0.39 is 12.1 Å². The zero-order chi connectivity index (χ0) is 20.1. The molecule has 1 heterocycles. The molecule has 1 amide bonds. The molecule has 0 aliphatic heterocycles. The van der Waals surface area contributed by atoms with Crippen LogP contribution in [-0.4, -0.2) is 29.1 Å². The number of rotatable bonds is 8. The van der Waals surface area contributed by atoms with Crippen molar-refractivity contribution in [2.45, 2.75) is 52.2 Å². The number of aryl methyl sites for hydroxylation is 1. The van der Waals surface area contributed by atoms with Crippen LogP contribution in [0.15, 0.2) is 42.5 Å². The molecule has 0 bridgehead atoms. The van der Waals surface area contributed by atoms with E-state index in [2.05, 4.69) is 29.8 Å². The van der Waals surface area contributed by atoms with Gasteiger partial charge in [-0.15, -0.1) is 0 Å². The summed E-state index contributed by atoms with van der Waals surface area (Å²) >= 11 is 0. The molecule has 0 unspecified atom stereocenters. The van der Waals surface area contributed by atoms with E-state index in [1.807, 2.05) is 30.3 Å². The quantitative estimate of drug-likeness (QED) is 0.561. The monoisotopic (exact) mass is 380 g/mol. The summed E-state index contributed by atoms with van der Waals surface area (Å²) in [5, 5.41) is 2.81. The van der Waals surface area contributed by atoms with Crippen LogP contribution in [0.25, 0.3) is 6.08 Å². The minimum absolute atomic E-state index is 0.287. The van der Waals surface area contributed by atoms with E-state index in [9.17, 15) is 9.59 Å². The zero-order valence-corrected chi connectivity index (χ0v) is 16.8. The van der Waals surface area contributed by atoms with Crippen LogP contribution < -0.4 is 5.32 Å². The lowest BCUT2D eigenvalue weighted by Gasteiger charge is -2.12. The Bertz CT molecular complexity index is 863. The Morgan fingerprint density at radius 1 is 1.25 bits per heavy atom. The van der Waals surface area contributed by atoms with Gasteiger partial charge in [0.2, 0.25) is 0 Å². The summed E-state index contributed by atoms with van der Waals surface area (Å²) in [7, 11) is 0. The first-order valence-corrected chi connectivity index (χ1v) is 9.84. The van der Waals surface area contributed by atoms with Gasteiger partial charge in [0.1, 0.15) is 0 Å². The molecule has 0 saturated heterocycles. The number of nitrogens with zero attached hydrogens (tertiary/aromatic N) is 1. The highest BCUT2D eigenvalue weighted by Gasteiger charge is 2.26. The summed E-state index contributed by atoms with van der Waals surface area (Å²) < 4.78 is 7.56. The van der Waals surface area contributed by atoms with Crippen LogP contribution in [0.5, 0.6) is 0 Å². The molecule has 5 nitrogen and oxygen atoms in total. The van der Waals surface area contributed by atoms with Crippen molar-refractivity contribution >= 4 is 18.0 Å². The third-order valence-corrected chi connectivity index (χ3v) is 5.05. The highest BCUT2D eigenvalue weighted by atomic mass is 16.5. The number of hydrogen-bond acceptors (Lipinski definition) is 3. The molecule has 3 rings (SSSR count). The molecule has 148 valence electrons. The molecule has 2 aromatic rings. The molecular weight excluding hydrogens is 352 g/mol. The van der Waals surface area contributed by atoms with Gasteiger partial charge in [-0.2, -0.15) is 0 Å². The van der Waals surface area contributed by atoms with Crippen LogP contribution >= 0.6 is 0 Å². The smallest absolute Gasteiger partial charge is 0.331 e. The van der Waals surface area contributed by atoms with Crippen molar-refractivity contribution in [2.75, 3.05) is 6.54 Å². The van der Waals surface area contributed by atoms with Crippen molar-refractivity contribution in [3.63, 3.8) is 0 Å². The topological polar surface area (TPSA) is 60.3 Å². The van der Waals surface area contributed by atoms with Crippen molar-refractivity contribution in [3.8, 4) is 0 Å². The van der Waals surface area contributed by atoms with E-state index in [1.165, 1.54) is 24.6 Å². The van der Waals surface area contributed by atoms with Gasteiger partial charge < -0.3 is 14.6 Å². The first kappa shape index (κ1) is 19.9. The van der Waals surface area contributed by atoms with E-state index in [0.29, 0.717) is 12.6 Å². The van der Waals surface area contributed by atoms with Crippen LogP contribution in [0.2, 0.25) is 0 Å². The van der Waals surface area contributed by atoms with Gasteiger partial charge in [-0.1, -0.05) is 30.3 Å². The maximum atomic E-state index is 12.1. The highest BCUT2D eigenvalue weighted by Crippen LogP contribution is 2.38. The lowest BCUT2D eigenvalue weighted by atomic mass is 10.1. The van der Waals surface area contributed by atoms with Gasteiger partial charge in [-0.25, -0.2) is 4.79 Å². The molecule has 1 atom stereocenters. The summed E-state index contributed by atoms with van der Waals surface area (Å²) in [6.45, 7) is 6.25. The van der Waals surface area contributed by atoms with Gasteiger partial charge in [-0.3, -0.25) is 4.79 Å². The van der Waals surface area contributed by atoms with Gasteiger partial charge in [0.05, 0.1) is 0 Å². The van der Waals surface area contributed by atoms with Gasteiger partial charge >= 0.3 is 5.97 Å². The molecule has 1 fully saturated rings. The van der Waals surface area contributed by atoms with Crippen molar-refractivity contribution in [1.82, 2.24) is 9.88 Å². The summed E-state index contributed by atoms with van der Waals surface area (Å²) in [6.07, 6.45) is 5.52. The molecule has 28 heavy (non-hydrogen) atoms. The Morgan fingerprint density at radius 2 is 1.96 bits per heavy atom. The molecule has 1 aliphatic carbocycles. The van der Waals surface area contributed by atoms with Crippen LogP contribution in [0.1, 0.15) is 48.3 Å². The van der Waals surface area contributed by atoms with Gasteiger partial charge in [0, 0.05) is 30.1 Å². The second kappa shape index (κ2) is 8.91. The molecule has 1 saturated carbocycles. The van der Waals surface area contributed by atoms with Crippen molar-refractivity contribution in [2.24, 2.45) is 0 Å². The van der Waals surface area contributed by atoms with Crippen molar-refractivity contribution in [1.29, 1.82) is 0 Å². The van der Waals surface area contributed by atoms with Gasteiger partial charge in [-0.05, 0) is 63.3 Å². The number of hydrogen-bond donors (Lipinski definition) is 1. The fourth-order valence-corrected chi connectivity index (χ4v) is 3.41. The normalized spacial score (nSPS) is 14.8. The van der Waals surface area contributed by atoms with E-state index in [-0.39, 0.29) is 5.91 Å². The second-order valence-corrected chi connectivity index (χ2v) is 7.37. The largest absolute Gasteiger partial charge is 0.449 e. The summed E-state index contributed by atoms with van der Waals surface area (Å²) in [6, 6.07) is 12.6. The molecule has 1 aromatic heterocycles. The Kier molecular flexibility index (Phi) is 6.34. The molecule has 1 N–H and O–H groups in total. The van der Waals surface area contributed by atoms with Crippen LogP contribution in [0.4, 0.5) is 0 Å². The summed E-state index contributed by atoms with van der Waals surface area (Å²) in [5.74, 6) is -0.800. The molecule has 0 radical (unpaired) electrons. The number of nitrogens with one attached hydrogen (secondary N) is 1. The zero-order valence-electron chi connectivity index (χ0n) is 16.8. The number of carbonyl (C=O) groups excluding carboxylic acids is 2. The third-order valence-electron chi connectivity index (χ3n) is 5.05. The Hall–Kier alpha value is -2.82. The first-order valence-electron chi connectivity index (χ1n) is 9.84. The predicted octanol–water partition coefficient (Wildman–Crippen LogP) is 3.74. The highest BCUT2D eigenvalue weighted by molar-refractivity contribution is 5.90. The van der Waals surface area contributed by atoms with Crippen LogP contribution in [0.3, 0.4) is 0 Å². The minimum Gasteiger partial charge on any atom is -0.449 e. The first-order chi connectivity index (χ1) is 13.5. The predicted molar refractivity (Wildman–Crippen MR) is 110 cm³/mol. The summed E-state index contributed by atoms with van der Waals surface area (Å²) in [4.78, 5) is 24.2. The average molecular weight is 380 g/mol. The van der Waals surface area contributed by atoms with E-state index in [1.54, 1.807) is 13.0 Å². The Labute approximate surface area is 166 Å². The van der Waals surface area contributed by atoms with Crippen LogP contribution in [0, 0.1) is 13.8 Å². The molecular formula is C23H28N2O3. The Morgan fingerprint density at radius 3 is 2.64 bits per heavy atom. The Balaban J connectivity index is 1.46. The molecule has 1 aromatic carbocycles.